The minimum atomic E-state index is 0. The fourth-order valence-corrected chi connectivity index (χ4v) is 3.06. The molecular formula is C19H25ClN4O2. The Labute approximate surface area is 160 Å². The number of hydrogen-bond acceptors (Lipinski definition) is 5. The number of benzene rings is 1. The maximum Gasteiger partial charge on any atom is 0.234 e. The lowest BCUT2D eigenvalue weighted by Gasteiger charge is -2.35. The van der Waals surface area contributed by atoms with Crippen LogP contribution in [-0.2, 0) is 11.3 Å². The van der Waals surface area contributed by atoms with Crippen LogP contribution in [0.4, 0.5) is 0 Å². The maximum atomic E-state index is 12.4. The summed E-state index contributed by atoms with van der Waals surface area (Å²) in [6, 6.07) is 11.9. The minimum Gasteiger partial charge on any atom is -0.497 e. The predicted octanol–water partition coefficient (Wildman–Crippen LogP) is 1.77. The van der Waals surface area contributed by atoms with Crippen LogP contribution >= 0.6 is 12.4 Å². The number of pyridine rings is 1. The van der Waals surface area contributed by atoms with Gasteiger partial charge in [0.1, 0.15) is 5.75 Å². The van der Waals surface area contributed by atoms with E-state index in [9.17, 15) is 4.79 Å². The molecule has 140 valence electrons. The van der Waals surface area contributed by atoms with E-state index in [0.717, 1.165) is 36.5 Å². The van der Waals surface area contributed by atoms with Gasteiger partial charge in [-0.05, 0) is 29.3 Å². The van der Waals surface area contributed by atoms with Crippen LogP contribution in [0.1, 0.15) is 17.2 Å². The number of aromatic nitrogens is 1. The minimum absolute atomic E-state index is 0. The summed E-state index contributed by atoms with van der Waals surface area (Å²) in [5.74, 6) is 0.823. The molecule has 1 aliphatic rings. The van der Waals surface area contributed by atoms with Gasteiger partial charge in [0.15, 0.2) is 0 Å². The van der Waals surface area contributed by atoms with Crippen LogP contribution in [0.25, 0.3) is 0 Å². The lowest BCUT2D eigenvalue weighted by molar-refractivity contribution is -0.123. The van der Waals surface area contributed by atoms with E-state index in [2.05, 4.69) is 26.6 Å². The Hall–Kier alpha value is -2.15. The number of carbonyl (C=O) groups is 1. The lowest BCUT2D eigenvalue weighted by Crippen LogP contribution is -2.49. The number of methoxy groups -OCH3 is 1. The van der Waals surface area contributed by atoms with Crippen molar-refractivity contribution in [2.75, 3.05) is 33.3 Å². The van der Waals surface area contributed by atoms with Gasteiger partial charge in [0.2, 0.25) is 5.91 Å². The molecule has 2 heterocycles. The smallest absolute Gasteiger partial charge is 0.234 e. The zero-order chi connectivity index (χ0) is 17.5. The van der Waals surface area contributed by atoms with Gasteiger partial charge in [0, 0.05) is 44.6 Å². The molecule has 0 spiro atoms. The molecule has 1 saturated heterocycles. The molecule has 1 aromatic heterocycles. The lowest BCUT2D eigenvalue weighted by atomic mass is 10.1. The molecule has 1 atom stereocenters. The van der Waals surface area contributed by atoms with Crippen LogP contribution in [0.15, 0.2) is 48.8 Å². The number of hydrogen-bond donors (Lipinski definition) is 2. The van der Waals surface area contributed by atoms with Crippen molar-refractivity contribution in [3.8, 4) is 5.75 Å². The Morgan fingerprint density at radius 1 is 1.38 bits per heavy atom. The molecule has 2 aromatic rings. The maximum absolute atomic E-state index is 12.4. The highest BCUT2D eigenvalue weighted by Crippen LogP contribution is 2.20. The van der Waals surface area contributed by atoms with Gasteiger partial charge in [-0.25, -0.2) is 0 Å². The average molecular weight is 377 g/mol. The highest BCUT2D eigenvalue weighted by atomic mass is 35.5. The van der Waals surface area contributed by atoms with Gasteiger partial charge in [-0.3, -0.25) is 14.7 Å². The molecule has 1 amide bonds. The molecule has 2 N–H and O–H groups in total. The molecule has 6 nitrogen and oxygen atoms in total. The van der Waals surface area contributed by atoms with E-state index < -0.39 is 0 Å². The van der Waals surface area contributed by atoms with E-state index in [1.165, 1.54) is 0 Å². The molecule has 1 fully saturated rings. The average Bonchev–Trinajstić information content (AvgIpc) is 2.68. The number of halogens is 1. The quantitative estimate of drug-likeness (QED) is 0.804. The third-order valence-corrected chi connectivity index (χ3v) is 4.39. The summed E-state index contributed by atoms with van der Waals surface area (Å²) in [7, 11) is 1.64. The second-order valence-corrected chi connectivity index (χ2v) is 6.11. The van der Waals surface area contributed by atoms with Crippen molar-refractivity contribution in [1.82, 2.24) is 20.5 Å². The van der Waals surface area contributed by atoms with E-state index in [4.69, 9.17) is 4.74 Å². The Bertz CT molecular complexity index is 699. The molecular weight excluding hydrogens is 352 g/mol. The van der Waals surface area contributed by atoms with Crippen LogP contribution in [-0.4, -0.2) is 49.1 Å². The van der Waals surface area contributed by atoms with E-state index in [-0.39, 0.29) is 24.4 Å². The van der Waals surface area contributed by atoms with Gasteiger partial charge < -0.3 is 15.4 Å². The van der Waals surface area contributed by atoms with Crippen molar-refractivity contribution < 1.29 is 9.53 Å². The first-order valence-electron chi connectivity index (χ1n) is 8.50. The van der Waals surface area contributed by atoms with Crippen molar-refractivity contribution in [3.63, 3.8) is 0 Å². The number of amides is 1. The van der Waals surface area contributed by atoms with Gasteiger partial charge >= 0.3 is 0 Å². The second-order valence-electron chi connectivity index (χ2n) is 6.11. The van der Waals surface area contributed by atoms with Crippen molar-refractivity contribution >= 4 is 18.3 Å². The van der Waals surface area contributed by atoms with Crippen molar-refractivity contribution in [2.24, 2.45) is 0 Å². The van der Waals surface area contributed by atoms with Crippen LogP contribution < -0.4 is 15.4 Å². The number of nitrogens with zero attached hydrogens (tertiary/aromatic N) is 2. The van der Waals surface area contributed by atoms with Gasteiger partial charge in [0.25, 0.3) is 0 Å². The van der Waals surface area contributed by atoms with Gasteiger partial charge in [-0.1, -0.05) is 18.2 Å². The Balaban J connectivity index is 0.00000243. The normalized spacial score (nSPS) is 17.2. The molecule has 0 radical (unpaired) electrons. The summed E-state index contributed by atoms with van der Waals surface area (Å²) in [5.41, 5.74) is 2.16. The Morgan fingerprint density at radius 2 is 2.27 bits per heavy atom. The SMILES string of the molecule is COc1cccc(CNC(=O)CN2CCNCC2c2cccnc2)c1.Cl. The molecule has 26 heavy (non-hydrogen) atoms. The number of rotatable bonds is 6. The third kappa shape index (κ3) is 5.42. The summed E-state index contributed by atoms with van der Waals surface area (Å²) < 4.78 is 5.21. The monoisotopic (exact) mass is 376 g/mol. The van der Waals surface area contributed by atoms with E-state index in [0.29, 0.717) is 13.1 Å². The fourth-order valence-electron chi connectivity index (χ4n) is 3.06. The number of carbonyl (C=O) groups excluding carboxylic acids is 1. The number of ether oxygens (including phenoxy) is 1. The summed E-state index contributed by atoms with van der Waals surface area (Å²) >= 11 is 0. The zero-order valence-electron chi connectivity index (χ0n) is 14.9. The van der Waals surface area contributed by atoms with Crippen molar-refractivity contribution in [2.45, 2.75) is 12.6 Å². The third-order valence-electron chi connectivity index (χ3n) is 4.39. The summed E-state index contributed by atoms with van der Waals surface area (Å²) in [5, 5.41) is 6.39. The molecule has 1 aliphatic heterocycles. The topological polar surface area (TPSA) is 66.5 Å². The first kappa shape index (κ1) is 20.2. The van der Waals surface area contributed by atoms with Crippen molar-refractivity contribution in [3.05, 3.63) is 59.9 Å². The van der Waals surface area contributed by atoms with Crippen LogP contribution in [0.2, 0.25) is 0 Å². The highest BCUT2D eigenvalue weighted by molar-refractivity contribution is 5.85. The Kier molecular flexibility index (Phi) is 7.84. The first-order chi connectivity index (χ1) is 12.3. The van der Waals surface area contributed by atoms with E-state index in [1.807, 2.05) is 36.5 Å². The van der Waals surface area contributed by atoms with Gasteiger partial charge in [-0.15, -0.1) is 12.4 Å². The van der Waals surface area contributed by atoms with E-state index >= 15 is 0 Å². The largest absolute Gasteiger partial charge is 0.497 e. The predicted molar refractivity (Wildman–Crippen MR) is 104 cm³/mol. The molecule has 1 aromatic carbocycles. The molecule has 0 bridgehead atoms. The zero-order valence-corrected chi connectivity index (χ0v) is 15.7. The fraction of sp³-hybridized carbons (Fsp3) is 0.368. The van der Waals surface area contributed by atoms with Gasteiger partial charge in [0.05, 0.1) is 13.7 Å². The summed E-state index contributed by atoms with van der Waals surface area (Å²) in [4.78, 5) is 18.8. The molecule has 1 unspecified atom stereocenters. The van der Waals surface area contributed by atoms with Crippen LogP contribution in [0, 0.1) is 0 Å². The van der Waals surface area contributed by atoms with Crippen molar-refractivity contribution in [1.29, 1.82) is 0 Å². The molecule has 0 aliphatic carbocycles. The summed E-state index contributed by atoms with van der Waals surface area (Å²) in [6.45, 7) is 3.44. The summed E-state index contributed by atoms with van der Waals surface area (Å²) in [6.07, 6.45) is 3.64. The second kappa shape index (κ2) is 10.1. The molecule has 7 heteroatoms. The van der Waals surface area contributed by atoms with Crippen LogP contribution in [0.3, 0.4) is 0 Å². The van der Waals surface area contributed by atoms with Gasteiger partial charge in [-0.2, -0.15) is 0 Å². The highest BCUT2D eigenvalue weighted by Gasteiger charge is 2.25. The first-order valence-corrected chi connectivity index (χ1v) is 8.50. The standard InChI is InChI=1S/C19H24N4O2.ClH/c1-25-17-6-2-4-15(10-17)11-22-19(24)14-23-9-8-21-13-18(23)16-5-3-7-20-12-16;/h2-7,10,12,18,21H,8-9,11,13-14H2,1H3,(H,22,24);1H. The molecule has 0 saturated carbocycles. The number of piperazine rings is 1. The molecule has 3 rings (SSSR count). The Morgan fingerprint density at radius 3 is 3.04 bits per heavy atom. The van der Waals surface area contributed by atoms with Crippen LogP contribution in [0.5, 0.6) is 5.75 Å². The number of nitrogens with one attached hydrogen (secondary N) is 2. The van der Waals surface area contributed by atoms with E-state index in [1.54, 1.807) is 13.3 Å².